The summed E-state index contributed by atoms with van der Waals surface area (Å²) in [5.74, 6) is -5.19. The summed E-state index contributed by atoms with van der Waals surface area (Å²) in [5, 5.41) is 25.0. The van der Waals surface area contributed by atoms with Gasteiger partial charge in [0.15, 0.2) is 5.96 Å². The Morgan fingerprint density at radius 3 is 2.00 bits per heavy atom. The summed E-state index contributed by atoms with van der Waals surface area (Å²) in [7, 11) is 0. The number of rotatable bonds is 17. The van der Waals surface area contributed by atoms with Crippen molar-refractivity contribution in [3.05, 3.63) is 0 Å². The highest BCUT2D eigenvalue weighted by molar-refractivity contribution is 5.94. The molecule has 13 N–H and O–H groups in total. The molecule has 0 aliphatic heterocycles. The van der Waals surface area contributed by atoms with Crippen LogP contribution in [0.4, 0.5) is 0 Å². The van der Waals surface area contributed by atoms with Crippen LogP contribution in [-0.4, -0.2) is 83.1 Å². The minimum absolute atomic E-state index is 0.0778. The van der Waals surface area contributed by atoms with E-state index >= 15 is 0 Å². The van der Waals surface area contributed by atoms with Crippen LogP contribution in [0, 0.1) is 0 Å². The molecule has 4 atom stereocenters. The highest BCUT2D eigenvalue weighted by atomic mass is 16.4. The fourth-order valence-electron chi connectivity index (χ4n) is 2.74. The number of carbonyl (C=O) groups excluding carboxylic acids is 3. The molecule has 0 radical (unpaired) electrons. The fourth-order valence-corrected chi connectivity index (χ4v) is 2.74. The number of aliphatic carboxylic acids is 2. The Morgan fingerprint density at radius 2 is 1.47 bits per heavy atom. The summed E-state index contributed by atoms with van der Waals surface area (Å²) in [5.41, 5.74) is 21.7. The van der Waals surface area contributed by atoms with Crippen LogP contribution in [0.15, 0.2) is 4.99 Å². The maximum Gasteiger partial charge on any atom is 0.326 e. The Morgan fingerprint density at radius 1 is 0.853 bits per heavy atom. The average molecular weight is 489 g/mol. The van der Waals surface area contributed by atoms with Crippen molar-refractivity contribution < 1.29 is 34.2 Å². The number of nitrogens with one attached hydrogen (secondary N) is 3. The van der Waals surface area contributed by atoms with Crippen LogP contribution < -0.4 is 38.9 Å². The Labute approximate surface area is 197 Å². The van der Waals surface area contributed by atoms with Gasteiger partial charge in [-0.1, -0.05) is 0 Å². The van der Waals surface area contributed by atoms with Gasteiger partial charge >= 0.3 is 11.9 Å². The summed E-state index contributed by atoms with van der Waals surface area (Å²) in [6.45, 7) is 2.02. The number of guanidine groups is 1. The van der Waals surface area contributed by atoms with Crippen LogP contribution in [-0.2, 0) is 24.0 Å². The molecule has 0 aromatic heterocycles. The molecule has 0 spiro atoms. The first kappa shape index (κ1) is 30.5. The van der Waals surface area contributed by atoms with E-state index in [1.54, 1.807) is 0 Å². The molecule has 0 bridgehead atoms. The van der Waals surface area contributed by atoms with E-state index in [-0.39, 0.29) is 25.3 Å². The van der Waals surface area contributed by atoms with E-state index in [0.29, 0.717) is 25.8 Å². The van der Waals surface area contributed by atoms with Crippen LogP contribution in [0.5, 0.6) is 0 Å². The largest absolute Gasteiger partial charge is 0.481 e. The topological polar surface area (TPSA) is 278 Å². The van der Waals surface area contributed by atoms with Gasteiger partial charge in [0.05, 0.1) is 12.5 Å². The summed E-state index contributed by atoms with van der Waals surface area (Å²) in [4.78, 5) is 63.2. The first-order chi connectivity index (χ1) is 15.9. The number of hydrogen-bond donors (Lipinski definition) is 9. The number of aliphatic imine (C=N–C) groups is 1. The van der Waals surface area contributed by atoms with Crippen LogP contribution in [0.25, 0.3) is 0 Å². The van der Waals surface area contributed by atoms with E-state index in [1.165, 1.54) is 6.92 Å². The molecule has 0 aromatic carbocycles. The predicted molar refractivity (Wildman–Crippen MR) is 122 cm³/mol. The Bertz CT molecular complexity index is 742. The van der Waals surface area contributed by atoms with Gasteiger partial charge in [0.1, 0.15) is 18.1 Å². The fraction of sp³-hybridized carbons (Fsp3) is 0.684. The minimum atomic E-state index is -1.67. The first-order valence-corrected chi connectivity index (χ1v) is 10.8. The third kappa shape index (κ3) is 13.2. The molecule has 0 rings (SSSR count). The maximum absolute atomic E-state index is 12.6. The summed E-state index contributed by atoms with van der Waals surface area (Å²) >= 11 is 0. The molecule has 15 nitrogen and oxygen atoms in total. The molecule has 0 saturated carbocycles. The number of nitrogens with two attached hydrogens (primary N) is 4. The van der Waals surface area contributed by atoms with Crippen molar-refractivity contribution in [3.63, 3.8) is 0 Å². The Hall–Kier alpha value is -3.46. The van der Waals surface area contributed by atoms with E-state index < -0.39 is 60.2 Å². The van der Waals surface area contributed by atoms with Crippen molar-refractivity contribution in [2.75, 3.05) is 13.1 Å². The highest BCUT2D eigenvalue weighted by Gasteiger charge is 2.29. The first-order valence-electron chi connectivity index (χ1n) is 10.8. The lowest BCUT2D eigenvalue weighted by atomic mass is 10.1. The molecular weight excluding hydrogens is 452 g/mol. The van der Waals surface area contributed by atoms with Gasteiger partial charge in [0.2, 0.25) is 17.7 Å². The standard InChI is InChI=1S/C19H36N8O7/c1-10(25-16(31)11(21)5-4-8-24-19(22)23)15(30)26-12(6-2-3-7-20)17(32)27-13(18(33)34)9-14(28)29/h10-13H,2-9,20-21H2,1H3,(H,25,31)(H,26,30)(H,27,32)(H,28,29)(H,33,34)(H4,22,23,24). The van der Waals surface area contributed by atoms with E-state index in [2.05, 4.69) is 20.9 Å². The van der Waals surface area contributed by atoms with Gasteiger partial charge in [-0.05, 0) is 45.6 Å². The summed E-state index contributed by atoms with van der Waals surface area (Å²) in [6.07, 6.45) is 0.973. The number of unbranched alkanes of at least 4 members (excludes halogenated alkanes) is 1. The Kier molecular flexibility index (Phi) is 14.6. The lowest BCUT2D eigenvalue weighted by Gasteiger charge is -2.23. The van der Waals surface area contributed by atoms with Gasteiger partial charge < -0.3 is 49.1 Å². The number of amides is 3. The smallest absolute Gasteiger partial charge is 0.326 e. The van der Waals surface area contributed by atoms with Gasteiger partial charge in [-0.3, -0.25) is 24.2 Å². The average Bonchev–Trinajstić information content (AvgIpc) is 2.74. The summed E-state index contributed by atoms with van der Waals surface area (Å²) < 4.78 is 0. The zero-order chi connectivity index (χ0) is 26.3. The van der Waals surface area contributed by atoms with Gasteiger partial charge in [-0.2, -0.15) is 0 Å². The second kappa shape index (κ2) is 16.2. The Balaban J connectivity index is 5.02. The predicted octanol–water partition coefficient (Wildman–Crippen LogP) is -3.47. The van der Waals surface area contributed by atoms with E-state index in [4.69, 9.17) is 33.1 Å². The van der Waals surface area contributed by atoms with E-state index in [1.807, 2.05) is 0 Å². The molecule has 194 valence electrons. The van der Waals surface area contributed by atoms with Crippen LogP contribution in [0.2, 0.25) is 0 Å². The zero-order valence-corrected chi connectivity index (χ0v) is 19.2. The molecule has 34 heavy (non-hydrogen) atoms. The van der Waals surface area contributed by atoms with Crippen molar-refractivity contribution in [3.8, 4) is 0 Å². The molecule has 15 heteroatoms. The normalized spacial score (nSPS) is 14.1. The number of carboxylic acid groups (broad SMARTS) is 2. The number of nitrogens with zero attached hydrogens (tertiary/aromatic N) is 1. The van der Waals surface area contributed by atoms with Crippen LogP contribution in [0.1, 0.15) is 45.4 Å². The van der Waals surface area contributed by atoms with Gasteiger partial charge in [0, 0.05) is 6.54 Å². The van der Waals surface area contributed by atoms with Gasteiger partial charge in [-0.25, -0.2) is 4.79 Å². The third-order valence-electron chi connectivity index (χ3n) is 4.63. The van der Waals surface area contributed by atoms with Crippen molar-refractivity contribution in [2.45, 2.75) is 69.6 Å². The number of hydrogen-bond acceptors (Lipinski definition) is 8. The summed E-state index contributed by atoms with van der Waals surface area (Å²) in [6, 6.07) is -4.81. The van der Waals surface area contributed by atoms with Crippen molar-refractivity contribution in [2.24, 2.45) is 27.9 Å². The van der Waals surface area contributed by atoms with E-state index in [9.17, 15) is 24.0 Å². The van der Waals surface area contributed by atoms with Gasteiger partial charge in [0.25, 0.3) is 0 Å². The van der Waals surface area contributed by atoms with Crippen molar-refractivity contribution >= 4 is 35.6 Å². The monoisotopic (exact) mass is 488 g/mol. The molecule has 0 saturated heterocycles. The maximum atomic E-state index is 12.6. The highest BCUT2D eigenvalue weighted by Crippen LogP contribution is 2.04. The minimum Gasteiger partial charge on any atom is -0.481 e. The lowest BCUT2D eigenvalue weighted by Crippen LogP contribution is -2.56. The van der Waals surface area contributed by atoms with Crippen LogP contribution in [0.3, 0.4) is 0 Å². The van der Waals surface area contributed by atoms with Crippen molar-refractivity contribution in [1.29, 1.82) is 0 Å². The number of carboxylic acids is 2. The molecule has 3 amide bonds. The molecule has 0 aliphatic carbocycles. The number of carbonyl (C=O) groups is 5. The second-order valence-electron chi connectivity index (χ2n) is 7.63. The molecule has 0 fully saturated rings. The SMILES string of the molecule is CC(NC(=O)C(N)CCCN=C(N)N)C(=O)NC(CCCCN)C(=O)NC(CC(=O)O)C(=O)O. The van der Waals surface area contributed by atoms with E-state index in [0.717, 1.165) is 0 Å². The molecule has 0 aromatic rings. The third-order valence-corrected chi connectivity index (χ3v) is 4.63. The molecule has 0 aliphatic rings. The molecule has 0 heterocycles. The quantitative estimate of drug-likeness (QED) is 0.0550. The molecular formula is C19H36N8O7. The zero-order valence-electron chi connectivity index (χ0n) is 19.2. The van der Waals surface area contributed by atoms with Gasteiger partial charge in [-0.15, -0.1) is 0 Å². The van der Waals surface area contributed by atoms with Crippen LogP contribution >= 0.6 is 0 Å². The second-order valence-corrected chi connectivity index (χ2v) is 7.63. The lowest BCUT2D eigenvalue weighted by molar-refractivity contribution is -0.147. The molecule has 4 unspecified atom stereocenters. The van der Waals surface area contributed by atoms with Crippen molar-refractivity contribution in [1.82, 2.24) is 16.0 Å².